The lowest BCUT2D eigenvalue weighted by Gasteiger charge is -2.15. The summed E-state index contributed by atoms with van der Waals surface area (Å²) in [7, 11) is 0. The van der Waals surface area contributed by atoms with Gasteiger partial charge in [0, 0.05) is 5.69 Å². The topological polar surface area (TPSA) is 78.4 Å². The van der Waals surface area contributed by atoms with Crippen LogP contribution in [-0.4, -0.2) is 23.1 Å². The van der Waals surface area contributed by atoms with E-state index < -0.39 is 23.9 Å². The van der Waals surface area contributed by atoms with E-state index >= 15 is 0 Å². The lowest BCUT2D eigenvalue weighted by Crippen LogP contribution is -2.44. The lowest BCUT2D eigenvalue weighted by molar-refractivity contribution is -0.139. The van der Waals surface area contributed by atoms with Gasteiger partial charge in [-0.25, -0.2) is 14.0 Å². The van der Waals surface area contributed by atoms with Crippen LogP contribution in [0.5, 0.6) is 0 Å². The molecule has 0 heterocycles. The van der Waals surface area contributed by atoms with Crippen LogP contribution in [0.25, 0.3) is 0 Å². The Balaban J connectivity index is 2.04. The molecule has 1 aliphatic rings. The largest absolute Gasteiger partial charge is 0.480 e. The summed E-state index contributed by atoms with van der Waals surface area (Å²) in [5.74, 6) is -1.56. The van der Waals surface area contributed by atoms with E-state index in [0.29, 0.717) is 15.7 Å². The Morgan fingerprint density at radius 3 is 2.65 bits per heavy atom. The molecule has 5 nitrogen and oxygen atoms in total. The molecule has 20 heavy (non-hydrogen) atoms. The maximum Gasteiger partial charge on any atom is 0.326 e. The van der Waals surface area contributed by atoms with Crippen molar-refractivity contribution in [3.63, 3.8) is 0 Å². The highest BCUT2D eigenvalue weighted by Gasteiger charge is 2.37. The Bertz CT molecular complexity index is 561. The Hall–Kier alpha value is -1.63. The van der Waals surface area contributed by atoms with Crippen LogP contribution in [0.2, 0.25) is 0 Å². The maximum atomic E-state index is 13.4. The molecule has 1 saturated carbocycles. The van der Waals surface area contributed by atoms with Gasteiger partial charge in [0.1, 0.15) is 11.9 Å². The van der Waals surface area contributed by atoms with E-state index in [4.69, 9.17) is 5.11 Å². The van der Waals surface area contributed by atoms with Crippen molar-refractivity contribution in [1.82, 2.24) is 5.32 Å². The molecule has 1 aliphatic carbocycles. The molecule has 2 rings (SSSR count). The fraction of sp³-hybridized carbons (Fsp3) is 0.385. The fourth-order valence-electron chi connectivity index (χ4n) is 1.89. The summed E-state index contributed by atoms with van der Waals surface area (Å²) in [5, 5.41) is 13.9. The first-order valence-electron chi connectivity index (χ1n) is 6.14. The molecule has 1 unspecified atom stereocenters. The van der Waals surface area contributed by atoms with E-state index in [1.165, 1.54) is 6.07 Å². The maximum absolute atomic E-state index is 13.4. The highest BCUT2D eigenvalue weighted by atomic mass is 79.9. The van der Waals surface area contributed by atoms with E-state index in [1.54, 1.807) is 13.0 Å². The number of aliphatic carboxylic acids is 1. The van der Waals surface area contributed by atoms with Gasteiger partial charge in [-0.1, -0.05) is 0 Å². The molecule has 0 aromatic heterocycles. The lowest BCUT2D eigenvalue weighted by atomic mass is 10.2. The number of carboxylic acid groups (broad SMARTS) is 1. The quantitative estimate of drug-likeness (QED) is 0.785. The predicted octanol–water partition coefficient (Wildman–Crippen LogP) is 2.88. The van der Waals surface area contributed by atoms with Crippen molar-refractivity contribution in [2.24, 2.45) is 5.92 Å². The number of hydrogen-bond donors (Lipinski definition) is 3. The van der Waals surface area contributed by atoms with Gasteiger partial charge in [-0.2, -0.15) is 0 Å². The van der Waals surface area contributed by atoms with Gasteiger partial charge >= 0.3 is 12.0 Å². The van der Waals surface area contributed by atoms with Crippen molar-refractivity contribution in [3.05, 3.63) is 28.0 Å². The zero-order chi connectivity index (χ0) is 14.9. The van der Waals surface area contributed by atoms with Gasteiger partial charge in [0.2, 0.25) is 0 Å². The third-order valence-electron chi connectivity index (χ3n) is 3.16. The molecule has 0 aliphatic heterocycles. The van der Waals surface area contributed by atoms with Crippen molar-refractivity contribution >= 4 is 33.6 Å². The van der Waals surface area contributed by atoms with Crippen LogP contribution in [0.4, 0.5) is 14.9 Å². The second-order valence-electron chi connectivity index (χ2n) is 4.83. The number of anilines is 1. The van der Waals surface area contributed by atoms with Crippen molar-refractivity contribution in [3.8, 4) is 0 Å². The van der Waals surface area contributed by atoms with Crippen LogP contribution in [0.15, 0.2) is 16.6 Å². The number of amides is 2. The molecule has 0 saturated heterocycles. The number of carbonyl (C=O) groups excluding carboxylic acids is 1. The Labute approximate surface area is 123 Å². The summed E-state index contributed by atoms with van der Waals surface area (Å²) in [6, 6.07) is 1.19. The molecule has 1 fully saturated rings. The van der Waals surface area contributed by atoms with Crippen LogP contribution >= 0.6 is 15.9 Å². The monoisotopic (exact) mass is 344 g/mol. The van der Waals surface area contributed by atoms with Crippen molar-refractivity contribution < 1.29 is 19.1 Å². The average Bonchev–Trinajstić information content (AvgIpc) is 3.17. The minimum Gasteiger partial charge on any atom is -0.480 e. The van der Waals surface area contributed by atoms with Gasteiger partial charge in [-0.05, 0) is 59.3 Å². The van der Waals surface area contributed by atoms with Crippen LogP contribution < -0.4 is 10.6 Å². The number of benzene rings is 1. The number of urea groups is 1. The van der Waals surface area contributed by atoms with Gasteiger partial charge in [-0.15, -0.1) is 0 Å². The third kappa shape index (κ3) is 3.47. The van der Waals surface area contributed by atoms with E-state index in [9.17, 15) is 14.0 Å². The average molecular weight is 345 g/mol. The SMILES string of the molecule is Cc1cc(Br)c(F)cc1NC(=O)NC(C(=O)O)C1CC1. The standard InChI is InChI=1S/C13H14BrFN2O3/c1-6-4-8(14)9(15)5-10(6)16-13(20)17-11(12(18)19)7-2-3-7/h4-5,7,11H,2-3H2,1H3,(H,18,19)(H2,16,17,20). The molecule has 7 heteroatoms. The van der Waals surface area contributed by atoms with Crippen molar-refractivity contribution in [2.75, 3.05) is 5.32 Å². The first-order valence-corrected chi connectivity index (χ1v) is 6.93. The van der Waals surface area contributed by atoms with Crippen LogP contribution in [-0.2, 0) is 4.79 Å². The normalized spacial score (nSPS) is 15.6. The van der Waals surface area contributed by atoms with Gasteiger partial charge in [0.05, 0.1) is 4.47 Å². The third-order valence-corrected chi connectivity index (χ3v) is 3.77. The van der Waals surface area contributed by atoms with Crippen molar-refractivity contribution in [2.45, 2.75) is 25.8 Å². The first-order chi connectivity index (χ1) is 9.38. The molecule has 0 radical (unpaired) electrons. The highest BCUT2D eigenvalue weighted by Crippen LogP contribution is 2.32. The minimum absolute atomic E-state index is 0.0130. The van der Waals surface area contributed by atoms with E-state index in [-0.39, 0.29) is 5.92 Å². The Kier molecular flexibility index (Phi) is 4.27. The molecule has 108 valence electrons. The van der Waals surface area contributed by atoms with E-state index in [1.807, 2.05) is 0 Å². The number of nitrogens with one attached hydrogen (secondary N) is 2. The molecular formula is C13H14BrFN2O3. The summed E-state index contributed by atoms with van der Waals surface area (Å²) in [6.45, 7) is 1.72. The Morgan fingerprint density at radius 1 is 1.45 bits per heavy atom. The number of carbonyl (C=O) groups is 2. The van der Waals surface area contributed by atoms with Crippen molar-refractivity contribution in [1.29, 1.82) is 0 Å². The molecule has 1 aromatic rings. The summed E-state index contributed by atoms with van der Waals surface area (Å²) >= 11 is 3.05. The van der Waals surface area contributed by atoms with Crippen LogP contribution in [0.1, 0.15) is 18.4 Å². The van der Waals surface area contributed by atoms with Crippen LogP contribution in [0, 0.1) is 18.7 Å². The summed E-state index contributed by atoms with van der Waals surface area (Å²) in [4.78, 5) is 22.8. The highest BCUT2D eigenvalue weighted by molar-refractivity contribution is 9.10. The van der Waals surface area contributed by atoms with E-state index in [0.717, 1.165) is 12.8 Å². The number of halogens is 2. The smallest absolute Gasteiger partial charge is 0.326 e. The number of hydrogen-bond acceptors (Lipinski definition) is 2. The summed E-state index contributed by atoms with van der Waals surface area (Å²) in [5.41, 5.74) is 0.981. The van der Waals surface area contributed by atoms with Crippen LogP contribution in [0.3, 0.4) is 0 Å². The molecule has 0 bridgehead atoms. The number of aryl methyl sites for hydroxylation is 1. The first kappa shape index (κ1) is 14.8. The van der Waals surface area contributed by atoms with E-state index in [2.05, 4.69) is 26.6 Å². The van der Waals surface area contributed by atoms with Gasteiger partial charge in [0.15, 0.2) is 0 Å². The minimum atomic E-state index is -1.05. The molecule has 2 amide bonds. The number of rotatable bonds is 4. The second-order valence-corrected chi connectivity index (χ2v) is 5.69. The fourth-order valence-corrected chi connectivity index (χ4v) is 2.35. The molecule has 1 atom stereocenters. The summed E-state index contributed by atoms with van der Waals surface area (Å²) in [6.07, 6.45) is 1.59. The molecule has 3 N–H and O–H groups in total. The molecular weight excluding hydrogens is 331 g/mol. The second kappa shape index (κ2) is 5.78. The zero-order valence-electron chi connectivity index (χ0n) is 10.7. The van der Waals surface area contributed by atoms with Gasteiger partial charge in [-0.3, -0.25) is 0 Å². The van der Waals surface area contributed by atoms with Gasteiger partial charge < -0.3 is 15.7 Å². The summed E-state index contributed by atoms with van der Waals surface area (Å²) < 4.78 is 13.7. The van der Waals surface area contributed by atoms with Gasteiger partial charge in [0.25, 0.3) is 0 Å². The predicted molar refractivity (Wildman–Crippen MR) is 75.1 cm³/mol. The Morgan fingerprint density at radius 2 is 2.10 bits per heavy atom. The molecule has 0 spiro atoms. The zero-order valence-corrected chi connectivity index (χ0v) is 12.3. The number of carboxylic acids is 1. The molecule has 1 aromatic carbocycles.